The van der Waals surface area contributed by atoms with Crippen molar-refractivity contribution >= 4 is 23.3 Å². The van der Waals surface area contributed by atoms with Gasteiger partial charge in [-0.25, -0.2) is 4.79 Å². The van der Waals surface area contributed by atoms with Gasteiger partial charge >= 0.3 is 5.97 Å². The Kier molecular flexibility index (Phi) is 3.06. The second kappa shape index (κ2) is 4.34. The van der Waals surface area contributed by atoms with E-state index in [1.165, 1.54) is 7.11 Å². The van der Waals surface area contributed by atoms with Crippen LogP contribution in [-0.2, 0) is 9.53 Å². The molecule has 1 unspecified atom stereocenters. The van der Waals surface area contributed by atoms with Gasteiger partial charge in [0.25, 0.3) is 0 Å². The van der Waals surface area contributed by atoms with Crippen molar-refractivity contribution in [2.45, 2.75) is 19.4 Å². The number of carbonyl (C=O) groups excluding carboxylic acids is 1. The summed E-state index contributed by atoms with van der Waals surface area (Å²) >= 11 is 6.06. The fraction of sp³-hybridized carbons (Fsp3) is 0.417. The second-order valence-electron chi connectivity index (χ2n) is 3.90. The molecule has 0 radical (unpaired) electrons. The average molecular weight is 240 g/mol. The largest absolute Gasteiger partial charge is 0.467 e. The minimum atomic E-state index is -0.175. The smallest absolute Gasteiger partial charge is 0.328 e. The standard InChI is InChI=1S/C12H14ClNO2/c1-8-9(13)4-3-5-10(8)14-7-6-11(14)12(15)16-2/h3-5,11H,6-7H2,1-2H3. The van der Waals surface area contributed by atoms with E-state index < -0.39 is 0 Å². The molecule has 0 aromatic heterocycles. The van der Waals surface area contributed by atoms with Crippen molar-refractivity contribution < 1.29 is 9.53 Å². The third kappa shape index (κ3) is 1.76. The van der Waals surface area contributed by atoms with Crippen LogP contribution in [0.4, 0.5) is 5.69 Å². The highest BCUT2D eigenvalue weighted by molar-refractivity contribution is 6.31. The van der Waals surface area contributed by atoms with Crippen LogP contribution in [0.2, 0.25) is 5.02 Å². The maximum absolute atomic E-state index is 11.5. The number of rotatable bonds is 2. The Hall–Kier alpha value is -1.22. The molecule has 1 aromatic rings. The summed E-state index contributed by atoms with van der Waals surface area (Å²) in [5.41, 5.74) is 2.03. The first-order valence-electron chi connectivity index (χ1n) is 5.24. The molecular weight excluding hydrogens is 226 g/mol. The van der Waals surface area contributed by atoms with Gasteiger partial charge in [0.2, 0.25) is 0 Å². The Labute approximate surface area is 100.0 Å². The Balaban J connectivity index is 2.25. The van der Waals surface area contributed by atoms with Crippen molar-refractivity contribution in [2.75, 3.05) is 18.6 Å². The van der Waals surface area contributed by atoms with E-state index in [-0.39, 0.29) is 12.0 Å². The van der Waals surface area contributed by atoms with Crippen LogP contribution in [0.15, 0.2) is 18.2 Å². The third-order valence-corrected chi connectivity index (χ3v) is 3.45. The Bertz CT molecular complexity index is 419. The molecule has 1 aliphatic rings. The van der Waals surface area contributed by atoms with Crippen molar-refractivity contribution in [3.05, 3.63) is 28.8 Å². The number of nitrogens with zero attached hydrogens (tertiary/aromatic N) is 1. The van der Waals surface area contributed by atoms with Crippen LogP contribution >= 0.6 is 11.6 Å². The molecule has 1 saturated heterocycles. The maximum atomic E-state index is 11.5. The highest BCUT2D eigenvalue weighted by Gasteiger charge is 2.35. The molecular formula is C12H14ClNO2. The minimum Gasteiger partial charge on any atom is -0.467 e. The molecule has 1 fully saturated rings. The van der Waals surface area contributed by atoms with E-state index >= 15 is 0 Å². The summed E-state index contributed by atoms with van der Waals surface area (Å²) in [5.74, 6) is -0.175. The van der Waals surface area contributed by atoms with Crippen LogP contribution < -0.4 is 4.90 Å². The van der Waals surface area contributed by atoms with Gasteiger partial charge in [-0.1, -0.05) is 17.7 Å². The van der Waals surface area contributed by atoms with Gasteiger partial charge < -0.3 is 9.64 Å². The van der Waals surface area contributed by atoms with E-state index in [2.05, 4.69) is 0 Å². The number of hydrogen-bond donors (Lipinski definition) is 0. The predicted molar refractivity (Wildman–Crippen MR) is 64.0 cm³/mol. The Morgan fingerprint density at radius 3 is 2.88 bits per heavy atom. The van der Waals surface area contributed by atoms with Crippen LogP contribution in [0.25, 0.3) is 0 Å². The van der Waals surface area contributed by atoms with E-state index in [1.807, 2.05) is 30.0 Å². The first kappa shape index (κ1) is 11.3. The summed E-state index contributed by atoms with van der Waals surface area (Å²) in [6, 6.07) is 5.59. The summed E-state index contributed by atoms with van der Waals surface area (Å²) in [6.07, 6.45) is 0.846. The number of methoxy groups -OCH3 is 1. The van der Waals surface area contributed by atoms with Crippen molar-refractivity contribution in [2.24, 2.45) is 0 Å². The molecule has 0 spiro atoms. The molecule has 4 heteroatoms. The zero-order valence-corrected chi connectivity index (χ0v) is 10.1. The van der Waals surface area contributed by atoms with Gasteiger partial charge in [0.05, 0.1) is 7.11 Å². The van der Waals surface area contributed by atoms with E-state index in [1.54, 1.807) is 0 Å². The lowest BCUT2D eigenvalue weighted by Crippen LogP contribution is -2.53. The third-order valence-electron chi connectivity index (χ3n) is 3.04. The molecule has 16 heavy (non-hydrogen) atoms. The van der Waals surface area contributed by atoms with Crippen molar-refractivity contribution in [1.82, 2.24) is 0 Å². The molecule has 0 bridgehead atoms. The number of esters is 1. The summed E-state index contributed by atoms with van der Waals surface area (Å²) in [7, 11) is 1.42. The van der Waals surface area contributed by atoms with Gasteiger partial charge in [0.15, 0.2) is 0 Å². The monoisotopic (exact) mass is 239 g/mol. The topological polar surface area (TPSA) is 29.5 Å². The van der Waals surface area contributed by atoms with E-state index in [0.717, 1.165) is 29.2 Å². The minimum absolute atomic E-state index is 0.151. The number of ether oxygens (including phenoxy) is 1. The first-order chi connectivity index (χ1) is 7.65. The SMILES string of the molecule is COC(=O)C1CCN1c1cccc(Cl)c1C. The van der Waals surface area contributed by atoms with Crippen molar-refractivity contribution in [1.29, 1.82) is 0 Å². The lowest BCUT2D eigenvalue weighted by molar-refractivity contribution is -0.143. The maximum Gasteiger partial charge on any atom is 0.328 e. The molecule has 1 heterocycles. The molecule has 3 nitrogen and oxygen atoms in total. The van der Waals surface area contributed by atoms with E-state index in [0.29, 0.717) is 0 Å². The lowest BCUT2D eigenvalue weighted by atomic mass is 10.00. The molecule has 1 aromatic carbocycles. The summed E-state index contributed by atoms with van der Waals surface area (Å²) in [5, 5.41) is 0.730. The number of carbonyl (C=O) groups is 1. The molecule has 0 N–H and O–H groups in total. The number of anilines is 1. The highest BCUT2D eigenvalue weighted by Crippen LogP contribution is 2.33. The lowest BCUT2D eigenvalue weighted by Gasteiger charge is -2.41. The normalized spacial score (nSPS) is 19.2. The Morgan fingerprint density at radius 1 is 1.56 bits per heavy atom. The summed E-state index contributed by atoms with van der Waals surface area (Å²) in [4.78, 5) is 13.5. The average Bonchev–Trinajstić information content (AvgIpc) is 2.23. The molecule has 1 aliphatic heterocycles. The molecule has 0 amide bonds. The molecule has 0 saturated carbocycles. The van der Waals surface area contributed by atoms with Crippen molar-refractivity contribution in [3.8, 4) is 0 Å². The van der Waals surface area contributed by atoms with Crippen LogP contribution in [0.5, 0.6) is 0 Å². The van der Waals surface area contributed by atoms with Crippen LogP contribution in [-0.4, -0.2) is 25.7 Å². The highest BCUT2D eigenvalue weighted by atomic mass is 35.5. The van der Waals surface area contributed by atoms with Gasteiger partial charge in [0.1, 0.15) is 6.04 Å². The molecule has 86 valence electrons. The fourth-order valence-electron chi connectivity index (χ4n) is 1.96. The summed E-state index contributed by atoms with van der Waals surface area (Å²) < 4.78 is 4.76. The van der Waals surface area contributed by atoms with Gasteiger partial charge in [-0.15, -0.1) is 0 Å². The zero-order chi connectivity index (χ0) is 11.7. The first-order valence-corrected chi connectivity index (χ1v) is 5.62. The molecule has 2 rings (SSSR count). The van der Waals surface area contributed by atoms with Gasteiger partial charge in [0, 0.05) is 17.3 Å². The van der Waals surface area contributed by atoms with Crippen LogP contribution in [0.3, 0.4) is 0 Å². The number of benzene rings is 1. The van der Waals surface area contributed by atoms with Crippen LogP contribution in [0.1, 0.15) is 12.0 Å². The van der Waals surface area contributed by atoms with Crippen molar-refractivity contribution in [3.63, 3.8) is 0 Å². The number of halogens is 1. The van der Waals surface area contributed by atoms with Gasteiger partial charge in [-0.3, -0.25) is 0 Å². The summed E-state index contributed by atoms with van der Waals surface area (Å²) in [6.45, 7) is 2.84. The quantitative estimate of drug-likeness (QED) is 0.743. The molecule has 1 atom stereocenters. The molecule has 0 aliphatic carbocycles. The van der Waals surface area contributed by atoms with Crippen LogP contribution in [0, 0.1) is 6.92 Å². The van der Waals surface area contributed by atoms with E-state index in [9.17, 15) is 4.79 Å². The van der Waals surface area contributed by atoms with E-state index in [4.69, 9.17) is 16.3 Å². The second-order valence-corrected chi connectivity index (χ2v) is 4.31. The van der Waals surface area contributed by atoms with Gasteiger partial charge in [-0.2, -0.15) is 0 Å². The Morgan fingerprint density at radius 2 is 2.31 bits per heavy atom. The number of hydrogen-bond acceptors (Lipinski definition) is 3. The van der Waals surface area contributed by atoms with Gasteiger partial charge in [-0.05, 0) is 31.0 Å². The zero-order valence-electron chi connectivity index (χ0n) is 9.37. The predicted octanol–water partition coefficient (Wildman–Crippen LogP) is 2.40. The fourth-order valence-corrected chi connectivity index (χ4v) is 2.13.